The number of aliphatic hydroxyl groups excluding tert-OH is 1. The van der Waals surface area contributed by atoms with E-state index >= 15 is 0 Å². The molecule has 1 fully saturated rings. The van der Waals surface area contributed by atoms with Crippen LogP contribution in [-0.4, -0.2) is 34.3 Å². The van der Waals surface area contributed by atoms with E-state index < -0.39 is 0 Å². The van der Waals surface area contributed by atoms with E-state index in [2.05, 4.69) is 28.2 Å². The minimum atomic E-state index is 0.198. The second kappa shape index (κ2) is 9.24. The fourth-order valence-electron chi connectivity index (χ4n) is 3.57. The van der Waals surface area contributed by atoms with Gasteiger partial charge in [0.1, 0.15) is 5.82 Å². The highest BCUT2D eigenvalue weighted by atomic mass is 35.5. The minimum absolute atomic E-state index is 0.198. The van der Waals surface area contributed by atoms with Crippen molar-refractivity contribution in [2.24, 2.45) is 0 Å². The Kier molecular flexibility index (Phi) is 6.74. The molecule has 1 saturated heterocycles. The van der Waals surface area contributed by atoms with Crippen molar-refractivity contribution in [1.29, 1.82) is 0 Å². The van der Waals surface area contributed by atoms with Crippen molar-refractivity contribution in [3.63, 3.8) is 0 Å². The topological polar surface area (TPSA) is 87.3 Å². The van der Waals surface area contributed by atoms with Gasteiger partial charge in [0.15, 0.2) is 0 Å². The molecule has 1 aromatic carbocycles. The highest BCUT2D eigenvalue weighted by molar-refractivity contribution is 6.33. The monoisotopic (exact) mass is 389 g/mol. The van der Waals surface area contributed by atoms with Gasteiger partial charge in [-0.3, -0.25) is 0 Å². The van der Waals surface area contributed by atoms with Crippen molar-refractivity contribution < 1.29 is 5.11 Å². The average molecular weight is 390 g/mol. The molecule has 0 aliphatic carbocycles. The van der Waals surface area contributed by atoms with Crippen LogP contribution in [-0.2, 0) is 6.42 Å². The zero-order valence-electron chi connectivity index (χ0n) is 15.8. The van der Waals surface area contributed by atoms with Gasteiger partial charge in [-0.25, -0.2) is 4.98 Å². The largest absolute Gasteiger partial charge is 0.397 e. The fraction of sp³-hybridized carbons (Fsp3) is 0.500. The maximum Gasteiger partial charge on any atom is 0.229 e. The van der Waals surface area contributed by atoms with E-state index in [0.29, 0.717) is 22.7 Å². The van der Waals surface area contributed by atoms with Crippen LogP contribution < -0.4 is 16.0 Å². The number of nitrogen functional groups attached to an aromatic ring is 1. The Morgan fingerprint density at radius 1 is 1.30 bits per heavy atom. The average Bonchev–Trinajstić information content (AvgIpc) is 2.66. The predicted molar refractivity (Wildman–Crippen MR) is 112 cm³/mol. The number of benzene rings is 1. The molecule has 146 valence electrons. The first-order valence-corrected chi connectivity index (χ1v) is 10.1. The molecule has 3 rings (SSSR count). The molecule has 1 aliphatic rings. The lowest BCUT2D eigenvalue weighted by Gasteiger charge is -2.36. The molecule has 0 saturated carbocycles. The van der Waals surface area contributed by atoms with Crippen molar-refractivity contribution >= 4 is 34.7 Å². The van der Waals surface area contributed by atoms with E-state index in [4.69, 9.17) is 22.3 Å². The number of aromatic nitrogens is 2. The van der Waals surface area contributed by atoms with Gasteiger partial charge in [-0.1, -0.05) is 24.9 Å². The zero-order chi connectivity index (χ0) is 19.2. The number of aryl methyl sites for hydroxylation is 1. The number of piperidine rings is 1. The van der Waals surface area contributed by atoms with Gasteiger partial charge in [0.05, 0.1) is 10.7 Å². The highest BCUT2D eigenvalue weighted by Gasteiger charge is 2.24. The van der Waals surface area contributed by atoms with Crippen LogP contribution in [0.2, 0.25) is 5.02 Å². The Morgan fingerprint density at radius 3 is 2.89 bits per heavy atom. The standard InChI is InChI=1S/C20H28ClN5O/c1-2-5-14-13-19(26-10-4-3-6-16(26)9-11-27)25-20(23-14)24-15-7-8-17(21)18(22)12-15/h7-8,12-13,16,27H,2-6,9-11,22H2,1H3,(H,23,24,25). The molecule has 1 atom stereocenters. The smallest absolute Gasteiger partial charge is 0.229 e. The summed E-state index contributed by atoms with van der Waals surface area (Å²) >= 11 is 6.01. The first-order valence-electron chi connectivity index (χ1n) is 9.68. The van der Waals surface area contributed by atoms with Gasteiger partial charge in [-0.2, -0.15) is 4.98 Å². The number of hydrogen-bond donors (Lipinski definition) is 3. The summed E-state index contributed by atoms with van der Waals surface area (Å²) < 4.78 is 0. The quantitative estimate of drug-likeness (QED) is 0.616. The lowest BCUT2D eigenvalue weighted by atomic mass is 9.99. The van der Waals surface area contributed by atoms with Gasteiger partial charge in [0.25, 0.3) is 0 Å². The Morgan fingerprint density at radius 2 is 2.15 bits per heavy atom. The summed E-state index contributed by atoms with van der Waals surface area (Å²) in [7, 11) is 0. The second-order valence-corrected chi connectivity index (χ2v) is 7.41. The van der Waals surface area contributed by atoms with E-state index in [9.17, 15) is 5.11 Å². The molecule has 1 aliphatic heterocycles. The third kappa shape index (κ3) is 5.02. The van der Waals surface area contributed by atoms with E-state index in [-0.39, 0.29) is 6.61 Å². The van der Waals surface area contributed by atoms with E-state index in [0.717, 1.165) is 55.8 Å². The van der Waals surface area contributed by atoms with Gasteiger partial charge in [0.2, 0.25) is 5.95 Å². The SMILES string of the molecule is CCCc1cc(N2CCCCC2CCO)nc(Nc2ccc(Cl)c(N)c2)n1. The summed E-state index contributed by atoms with van der Waals surface area (Å²) in [5.41, 5.74) is 8.25. The molecule has 4 N–H and O–H groups in total. The van der Waals surface area contributed by atoms with Crippen LogP contribution in [0.5, 0.6) is 0 Å². The molecule has 0 spiro atoms. The molecular weight excluding hydrogens is 362 g/mol. The van der Waals surface area contributed by atoms with E-state index in [1.807, 2.05) is 6.07 Å². The van der Waals surface area contributed by atoms with Gasteiger partial charge in [-0.15, -0.1) is 0 Å². The van der Waals surface area contributed by atoms with Crippen molar-refractivity contribution in [3.8, 4) is 0 Å². The van der Waals surface area contributed by atoms with Crippen LogP contribution in [0.1, 0.15) is 44.7 Å². The molecule has 7 heteroatoms. The summed E-state index contributed by atoms with van der Waals surface area (Å²) in [5, 5.41) is 13.2. The summed E-state index contributed by atoms with van der Waals surface area (Å²) in [6, 6.07) is 7.82. The summed E-state index contributed by atoms with van der Waals surface area (Å²) in [6.07, 6.45) is 6.11. The Hall–Kier alpha value is -2.05. The predicted octanol–water partition coefficient (Wildman–Crippen LogP) is 4.15. The van der Waals surface area contributed by atoms with Crippen molar-refractivity contribution in [3.05, 3.63) is 35.0 Å². The summed E-state index contributed by atoms with van der Waals surface area (Å²) in [6.45, 7) is 3.30. The van der Waals surface area contributed by atoms with Crippen molar-refractivity contribution in [2.75, 3.05) is 29.1 Å². The number of rotatable bonds is 7. The number of anilines is 4. The van der Waals surface area contributed by atoms with E-state index in [1.165, 1.54) is 6.42 Å². The fourth-order valence-corrected chi connectivity index (χ4v) is 3.69. The van der Waals surface area contributed by atoms with Crippen LogP contribution in [0.15, 0.2) is 24.3 Å². The number of nitrogens with two attached hydrogens (primary N) is 1. The highest BCUT2D eigenvalue weighted by Crippen LogP contribution is 2.28. The molecule has 27 heavy (non-hydrogen) atoms. The first-order chi connectivity index (χ1) is 13.1. The Balaban J connectivity index is 1.90. The molecule has 0 radical (unpaired) electrons. The molecular formula is C20H28ClN5O. The molecule has 2 aromatic rings. The van der Waals surface area contributed by atoms with Crippen LogP contribution in [0, 0.1) is 0 Å². The Labute approximate surface area is 165 Å². The number of hydrogen-bond acceptors (Lipinski definition) is 6. The minimum Gasteiger partial charge on any atom is -0.397 e. The maximum absolute atomic E-state index is 9.43. The molecule has 1 unspecified atom stereocenters. The number of halogens is 1. The number of nitrogens with zero attached hydrogens (tertiary/aromatic N) is 3. The van der Waals surface area contributed by atoms with E-state index in [1.54, 1.807) is 12.1 Å². The summed E-state index contributed by atoms with van der Waals surface area (Å²) in [5.74, 6) is 1.49. The van der Waals surface area contributed by atoms with Gasteiger partial charge in [0, 0.05) is 36.6 Å². The molecule has 1 aromatic heterocycles. The lowest BCUT2D eigenvalue weighted by molar-refractivity contribution is 0.262. The maximum atomic E-state index is 9.43. The van der Waals surface area contributed by atoms with Crippen LogP contribution >= 0.6 is 11.6 Å². The van der Waals surface area contributed by atoms with Gasteiger partial charge in [-0.05, 0) is 50.3 Å². The van der Waals surface area contributed by atoms with Gasteiger partial charge >= 0.3 is 0 Å². The van der Waals surface area contributed by atoms with Crippen molar-refractivity contribution in [1.82, 2.24) is 9.97 Å². The molecule has 2 heterocycles. The normalized spacial score (nSPS) is 17.1. The number of aliphatic hydroxyl groups is 1. The molecule has 6 nitrogen and oxygen atoms in total. The molecule has 0 bridgehead atoms. The Bertz CT molecular complexity index is 768. The molecule has 0 amide bonds. The van der Waals surface area contributed by atoms with Crippen LogP contribution in [0.3, 0.4) is 0 Å². The second-order valence-electron chi connectivity index (χ2n) is 7.01. The van der Waals surface area contributed by atoms with Crippen LogP contribution in [0.25, 0.3) is 0 Å². The zero-order valence-corrected chi connectivity index (χ0v) is 16.5. The number of nitrogens with one attached hydrogen (secondary N) is 1. The van der Waals surface area contributed by atoms with Gasteiger partial charge < -0.3 is 21.1 Å². The third-order valence-electron chi connectivity index (χ3n) is 4.91. The first kappa shape index (κ1) is 19.7. The van der Waals surface area contributed by atoms with Crippen molar-refractivity contribution in [2.45, 2.75) is 51.5 Å². The third-order valence-corrected chi connectivity index (χ3v) is 5.25. The summed E-state index contributed by atoms with van der Waals surface area (Å²) in [4.78, 5) is 11.8. The van der Waals surface area contributed by atoms with Crippen LogP contribution in [0.4, 0.5) is 23.1 Å². The lowest BCUT2D eigenvalue weighted by Crippen LogP contribution is -2.40.